The van der Waals surface area contributed by atoms with Gasteiger partial charge in [0.2, 0.25) is 0 Å². The van der Waals surface area contributed by atoms with Crippen LogP contribution in [0.4, 0.5) is 17.2 Å². The standard InChI is InChI=1S/C12H9BrClN3O2/c13-8-3-6(14)1-2-10(8)17-11-4-7(12(18)19)9(15)5-16-11/h1-5H,15H2,(H,16,17)(H,18,19). The minimum absolute atomic E-state index is 0.00239. The topological polar surface area (TPSA) is 88.2 Å². The Morgan fingerprint density at radius 3 is 2.79 bits per heavy atom. The van der Waals surface area contributed by atoms with Crippen LogP contribution in [-0.4, -0.2) is 16.1 Å². The summed E-state index contributed by atoms with van der Waals surface area (Å²) in [6.07, 6.45) is 1.30. The molecule has 1 aromatic carbocycles. The van der Waals surface area contributed by atoms with E-state index in [1.165, 1.54) is 12.3 Å². The molecule has 0 atom stereocenters. The fourth-order valence-electron chi connectivity index (χ4n) is 1.45. The lowest BCUT2D eigenvalue weighted by atomic mass is 10.2. The predicted octanol–water partition coefficient (Wildman–Crippen LogP) is 3.52. The molecule has 0 saturated carbocycles. The van der Waals surface area contributed by atoms with Gasteiger partial charge in [0.15, 0.2) is 0 Å². The van der Waals surface area contributed by atoms with Crippen molar-refractivity contribution in [2.24, 2.45) is 0 Å². The van der Waals surface area contributed by atoms with Gasteiger partial charge >= 0.3 is 5.97 Å². The SMILES string of the molecule is Nc1cnc(Nc2ccc(Cl)cc2Br)cc1C(=O)O. The molecule has 0 spiro atoms. The number of carboxylic acid groups (broad SMARTS) is 1. The number of hydrogen-bond acceptors (Lipinski definition) is 4. The first-order valence-corrected chi connectivity index (χ1v) is 6.35. The van der Waals surface area contributed by atoms with Crippen molar-refractivity contribution in [3.8, 4) is 0 Å². The summed E-state index contributed by atoms with van der Waals surface area (Å²) in [6.45, 7) is 0. The smallest absolute Gasteiger partial charge is 0.337 e. The van der Waals surface area contributed by atoms with Crippen molar-refractivity contribution in [1.82, 2.24) is 4.98 Å². The fourth-order valence-corrected chi connectivity index (χ4v) is 2.23. The van der Waals surface area contributed by atoms with E-state index in [0.717, 1.165) is 10.2 Å². The Kier molecular flexibility index (Phi) is 3.92. The average Bonchev–Trinajstić information content (AvgIpc) is 2.34. The first kappa shape index (κ1) is 13.6. The Hall–Kier alpha value is -1.79. The number of halogens is 2. The van der Waals surface area contributed by atoms with Crippen LogP contribution in [0.2, 0.25) is 5.02 Å². The Bertz CT molecular complexity index is 649. The number of benzene rings is 1. The van der Waals surface area contributed by atoms with Crippen molar-refractivity contribution in [2.75, 3.05) is 11.1 Å². The van der Waals surface area contributed by atoms with E-state index in [9.17, 15) is 4.79 Å². The molecule has 0 aliphatic heterocycles. The largest absolute Gasteiger partial charge is 0.478 e. The average molecular weight is 343 g/mol. The van der Waals surface area contributed by atoms with Crippen LogP contribution in [0.5, 0.6) is 0 Å². The molecule has 7 heteroatoms. The van der Waals surface area contributed by atoms with Crippen LogP contribution in [0, 0.1) is 0 Å². The molecule has 19 heavy (non-hydrogen) atoms. The molecule has 1 heterocycles. The number of nitrogen functional groups attached to an aromatic ring is 1. The molecule has 0 amide bonds. The summed E-state index contributed by atoms with van der Waals surface area (Å²) in [5.41, 5.74) is 6.38. The van der Waals surface area contributed by atoms with E-state index >= 15 is 0 Å². The molecule has 0 saturated heterocycles. The zero-order chi connectivity index (χ0) is 14.0. The predicted molar refractivity (Wildman–Crippen MR) is 78.0 cm³/mol. The Labute approximate surface area is 122 Å². The van der Waals surface area contributed by atoms with Gasteiger partial charge in [-0.05, 0) is 40.2 Å². The lowest BCUT2D eigenvalue weighted by molar-refractivity contribution is 0.0698. The van der Waals surface area contributed by atoms with Gasteiger partial charge in [0.25, 0.3) is 0 Å². The highest BCUT2D eigenvalue weighted by Gasteiger charge is 2.10. The van der Waals surface area contributed by atoms with Crippen LogP contribution >= 0.6 is 27.5 Å². The van der Waals surface area contributed by atoms with Gasteiger partial charge in [0.1, 0.15) is 5.82 Å². The number of nitrogens with one attached hydrogen (secondary N) is 1. The van der Waals surface area contributed by atoms with Crippen LogP contribution < -0.4 is 11.1 Å². The van der Waals surface area contributed by atoms with Gasteiger partial charge in [-0.2, -0.15) is 0 Å². The number of carbonyl (C=O) groups is 1. The first-order chi connectivity index (χ1) is 8.97. The normalized spacial score (nSPS) is 10.2. The van der Waals surface area contributed by atoms with Crippen molar-refractivity contribution in [3.63, 3.8) is 0 Å². The van der Waals surface area contributed by atoms with E-state index in [4.69, 9.17) is 22.4 Å². The zero-order valence-electron chi connectivity index (χ0n) is 9.52. The lowest BCUT2D eigenvalue weighted by Gasteiger charge is -2.09. The Morgan fingerprint density at radius 1 is 1.42 bits per heavy atom. The molecule has 0 fully saturated rings. The van der Waals surface area contributed by atoms with Gasteiger partial charge in [0.05, 0.1) is 23.1 Å². The molecule has 1 aromatic heterocycles. The summed E-state index contributed by atoms with van der Waals surface area (Å²) in [5.74, 6) is -0.715. The number of nitrogens with zero attached hydrogens (tertiary/aromatic N) is 1. The van der Waals surface area contributed by atoms with Gasteiger partial charge < -0.3 is 16.2 Å². The van der Waals surface area contributed by atoms with E-state index in [2.05, 4.69) is 26.2 Å². The molecule has 2 rings (SSSR count). The number of pyridine rings is 1. The van der Waals surface area contributed by atoms with Crippen LogP contribution in [0.15, 0.2) is 34.9 Å². The second-order valence-corrected chi connectivity index (χ2v) is 5.00. The number of aromatic nitrogens is 1. The van der Waals surface area contributed by atoms with Gasteiger partial charge in [0, 0.05) is 9.50 Å². The van der Waals surface area contributed by atoms with Crippen molar-refractivity contribution < 1.29 is 9.90 Å². The van der Waals surface area contributed by atoms with E-state index in [0.29, 0.717) is 10.8 Å². The number of aromatic carboxylic acids is 1. The highest BCUT2D eigenvalue weighted by molar-refractivity contribution is 9.10. The van der Waals surface area contributed by atoms with Gasteiger partial charge in [-0.15, -0.1) is 0 Å². The number of nitrogens with two attached hydrogens (primary N) is 1. The maximum Gasteiger partial charge on any atom is 0.337 e. The number of carboxylic acids is 1. The van der Waals surface area contributed by atoms with Gasteiger partial charge in [-0.25, -0.2) is 9.78 Å². The summed E-state index contributed by atoms with van der Waals surface area (Å²) < 4.78 is 0.746. The molecular formula is C12H9BrClN3O2. The molecule has 0 radical (unpaired) electrons. The third-order valence-electron chi connectivity index (χ3n) is 2.36. The van der Waals surface area contributed by atoms with Crippen LogP contribution in [-0.2, 0) is 0 Å². The summed E-state index contributed by atoms with van der Waals surface area (Å²) in [4.78, 5) is 15.0. The van der Waals surface area contributed by atoms with Crippen molar-refractivity contribution in [3.05, 3.63) is 45.5 Å². The molecule has 0 aliphatic rings. The number of rotatable bonds is 3. The van der Waals surface area contributed by atoms with E-state index in [-0.39, 0.29) is 11.3 Å². The maximum atomic E-state index is 11.0. The van der Waals surface area contributed by atoms with Crippen molar-refractivity contribution >= 4 is 50.7 Å². The third kappa shape index (κ3) is 3.15. The number of hydrogen-bond donors (Lipinski definition) is 3. The first-order valence-electron chi connectivity index (χ1n) is 5.18. The highest BCUT2D eigenvalue weighted by atomic mass is 79.9. The maximum absolute atomic E-state index is 11.0. The van der Waals surface area contributed by atoms with Crippen LogP contribution in [0.1, 0.15) is 10.4 Å². The third-order valence-corrected chi connectivity index (χ3v) is 3.25. The molecule has 0 bridgehead atoms. The lowest BCUT2D eigenvalue weighted by Crippen LogP contribution is -2.05. The molecule has 4 N–H and O–H groups in total. The minimum Gasteiger partial charge on any atom is -0.478 e. The molecule has 0 unspecified atom stereocenters. The van der Waals surface area contributed by atoms with E-state index < -0.39 is 5.97 Å². The van der Waals surface area contributed by atoms with Crippen molar-refractivity contribution in [2.45, 2.75) is 0 Å². The Balaban J connectivity index is 2.33. The molecular weight excluding hydrogens is 334 g/mol. The van der Waals surface area contributed by atoms with Crippen molar-refractivity contribution in [1.29, 1.82) is 0 Å². The second-order valence-electron chi connectivity index (χ2n) is 3.71. The molecule has 0 aliphatic carbocycles. The zero-order valence-corrected chi connectivity index (χ0v) is 11.9. The summed E-state index contributed by atoms with van der Waals surface area (Å²) in [5, 5.41) is 12.6. The second kappa shape index (κ2) is 5.46. The fraction of sp³-hybridized carbons (Fsp3) is 0. The summed E-state index contributed by atoms with van der Waals surface area (Å²) in [6, 6.07) is 6.56. The monoisotopic (exact) mass is 341 g/mol. The van der Waals surface area contributed by atoms with Crippen LogP contribution in [0.25, 0.3) is 0 Å². The molecule has 2 aromatic rings. The van der Waals surface area contributed by atoms with Crippen LogP contribution in [0.3, 0.4) is 0 Å². The number of anilines is 3. The molecule has 98 valence electrons. The minimum atomic E-state index is -1.10. The molecule has 5 nitrogen and oxygen atoms in total. The van der Waals surface area contributed by atoms with Gasteiger partial charge in [-0.1, -0.05) is 11.6 Å². The van der Waals surface area contributed by atoms with Gasteiger partial charge in [-0.3, -0.25) is 0 Å². The van der Waals surface area contributed by atoms with E-state index in [1.807, 2.05) is 0 Å². The Morgan fingerprint density at radius 2 is 2.16 bits per heavy atom. The highest BCUT2D eigenvalue weighted by Crippen LogP contribution is 2.28. The quantitative estimate of drug-likeness (QED) is 0.794. The summed E-state index contributed by atoms with van der Waals surface area (Å²) >= 11 is 9.19. The summed E-state index contributed by atoms with van der Waals surface area (Å²) in [7, 11) is 0. The van der Waals surface area contributed by atoms with E-state index in [1.54, 1.807) is 18.2 Å².